The number of anilines is 1. The van der Waals surface area contributed by atoms with Crippen LogP contribution in [0, 0.1) is 0 Å². The maximum absolute atomic E-state index is 11.3. The number of ether oxygens (including phenoxy) is 1. The van der Waals surface area contributed by atoms with Crippen molar-refractivity contribution in [3.8, 4) is 0 Å². The number of amides is 1. The van der Waals surface area contributed by atoms with Crippen LogP contribution in [0.3, 0.4) is 0 Å². The molecule has 0 aliphatic heterocycles. The molecule has 0 aromatic carbocycles. The molecule has 1 rings (SSSR count). The van der Waals surface area contributed by atoms with Crippen LogP contribution >= 0.6 is 15.9 Å². The minimum atomic E-state index is -1.07. The predicted molar refractivity (Wildman–Crippen MR) is 62.7 cm³/mol. The fraction of sp³-hybridized carbons (Fsp3) is 0.222. The molecule has 0 aliphatic carbocycles. The fourth-order valence-corrected chi connectivity index (χ4v) is 1.40. The van der Waals surface area contributed by atoms with Gasteiger partial charge in [-0.25, -0.2) is 9.48 Å². The first-order valence-electron chi connectivity index (χ1n) is 4.52. The third-order valence-corrected chi connectivity index (χ3v) is 2.21. The lowest BCUT2D eigenvalue weighted by Crippen LogP contribution is -2.19. The van der Waals surface area contributed by atoms with Gasteiger partial charge < -0.3 is 9.84 Å². The van der Waals surface area contributed by atoms with Gasteiger partial charge in [0.25, 0.3) is 0 Å². The molecule has 17 heavy (non-hydrogen) atoms. The summed E-state index contributed by atoms with van der Waals surface area (Å²) in [6.45, 7) is 3.10. The number of hydrogen-bond donors (Lipinski definition) is 2. The first-order valence-corrected chi connectivity index (χ1v) is 5.31. The second-order valence-electron chi connectivity index (χ2n) is 2.90. The molecule has 7 nitrogen and oxygen atoms in total. The van der Waals surface area contributed by atoms with Gasteiger partial charge in [-0.1, -0.05) is 12.7 Å². The van der Waals surface area contributed by atoms with Gasteiger partial charge in [0.2, 0.25) is 0 Å². The maximum Gasteiger partial charge on any atom is 0.413 e. The Morgan fingerprint density at radius 1 is 1.71 bits per heavy atom. The second-order valence-corrected chi connectivity index (χ2v) is 3.76. The zero-order valence-corrected chi connectivity index (χ0v) is 10.3. The number of halogens is 1. The molecular formula is C9H10BrN3O4. The van der Waals surface area contributed by atoms with Crippen molar-refractivity contribution in [3.05, 3.63) is 23.3 Å². The molecule has 0 saturated heterocycles. The summed E-state index contributed by atoms with van der Waals surface area (Å²) in [7, 11) is 0. The van der Waals surface area contributed by atoms with Gasteiger partial charge in [0.1, 0.15) is 19.0 Å². The van der Waals surface area contributed by atoms with E-state index in [-0.39, 0.29) is 19.0 Å². The molecule has 1 heterocycles. The summed E-state index contributed by atoms with van der Waals surface area (Å²) in [5.74, 6) is -0.843. The van der Waals surface area contributed by atoms with Gasteiger partial charge in [-0.05, 0) is 15.9 Å². The van der Waals surface area contributed by atoms with Gasteiger partial charge in [0.15, 0.2) is 0 Å². The van der Waals surface area contributed by atoms with Gasteiger partial charge >= 0.3 is 12.1 Å². The summed E-state index contributed by atoms with van der Waals surface area (Å²) in [6.07, 6.45) is 2.09. The largest absolute Gasteiger partial charge is 0.480 e. The Hall–Kier alpha value is -1.83. The first-order chi connectivity index (χ1) is 8.04. The smallest absolute Gasteiger partial charge is 0.413 e. The van der Waals surface area contributed by atoms with E-state index in [0.717, 1.165) is 4.68 Å². The number of rotatable bonds is 5. The summed E-state index contributed by atoms with van der Waals surface area (Å²) >= 11 is 3.14. The molecule has 1 aromatic rings. The Morgan fingerprint density at radius 2 is 2.41 bits per heavy atom. The molecule has 0 radical (unpaired) electrons. The molecule has 8 heteroatoms. The van der Waals surface area contributed by atoms with Gasteiger partial charge in [0, 0.05) is 0 Å². The maximum atomic E-state index is 11.3. The summed E-state index contributed by atoms with van der Waals surface area (Å²) < 4.78 is 6.30. The summed E-state index contributed by atoms with van der Waals surface area (Å²) in [6, 6.07) is 0. The third kappa shape index (κ3) is 3.91. The third-order valence-electron chi connectivity index (χ3n) is 1.63. The average Bonchev–Trinajstić information content (AvgIpc) is 2.58. The van der Waals surface area contributed by atoms with Crippen LogP contribution in [-0.4, -0.2) is 33.6 Å². The highest BCUT2D eigenvalue weighted by molar-refractivity contribution is 9.10. The van der Waals surface area contributed by atoms with E-state index in [0.29, 0.717) is 4.47 Å². The average molecular weight is 304 g/mol. The molecule has 2 N–H and O–H groups in total. The van der Waals surface area contributed by atoms with E-state index in [1.165, 1.54) is 12.3 Å². The van der Waals surface area contributed by atoms with E-state index in [1.807, 2.05) is 0 Å². The summed E-state index contributed by atoms with van der Waals surface area (Å²) in [4.78, 5) is 21.8. The molecule has 0 saturated carbocycles. The number of carbonyl (C=O) groups excluding carboxylic acids is 1. The Kier molecular flexibility index (Phi) is 4.70. The van der Waals surface area contributed by atoms with Crippen molar-refractivity contribution in [1.82, 2.24) is 9.78 Å². The summed E-state index contributed by atoms with van der Waals surface area (Å²) in [5, 5.41) is 14.8. The number of carboxylic acid groups (broad SMARTS) is 1. The number of nitrogens with one attached hydrogen (secondary N) is 1. The molecule has 1 aromatic heterocycles. The minimum absolute atomic E-state index is 0.0660. The molecule has 0 aliphatic rings. The molecule has 0 bridgehead atoms. The van der Waals surface area contributed by atoms with Crippen molar-refractivity contribution in [1.29, 1.82) is 0 Å². The molecule has 0 atom stereocenters. The zero-order valence-electron chi connectivity index (χ0n) is 8.72. The van der Waals surface area contributed by atoms with Crippen LogP contribution in [0.15, 0.2) is 23.3 Å². The predicted octanol–water partition coefficient (Wildman–Crippen LogP) is 1.46. The number of hydrogen-bond acceptors (Lipinski definition) is 4. The van der Waals surface area contributed by atoms with Crippen molar-refractivity contribution in [2.24, 2.45) is 0 Å². The minimum Gasteiger partial charge on any atom is -0.480 e. The van der Waals surface area contributed by atoms with Gasteiger partial charge in [-0.15, -0.1) is 0 Å². The highest BCUT2D eigenvalue weighted by Crippen LogP contribution is 2.21. The van der Waals surface area contributed by atoms with Crippen LogP contribution in [0.25, 0.3) is 0 Å². The molecule has 0 spiro atoms. The number of aliphatic carboxylic acids is 1. The molecule has 0 unspecified atom stereocenters. The standard InChI is InChI=1S/C9H10BrN3O4/c1-2-3-17-9(16)12-8-6(10)4-11-13(8)5-7(14)15/h2,4H,1,3,5H2,(H,12,16)(H,14,15). The Labute approximate surface area is 105 Å². The van der Waals surface area contributed by atoms with Crippen molar-refractivity contribution in [2.75, 3.05) is 11.9 Å². The normalized spacial score (nSPS) is 9.71. The number of carboxylic acids is 1. The lowest BCUT2D eigenvalue weighted by atomic mass is 10.6. The lowest BCUT2D eigenvalue weighted by molar-refractivity contribution is -0.137. The zero-order chi connectivity index (χ0) is 12.8. The highest BCUT2D eigenvalue weighted by Gasteiger charge is 2.14. The Balaban J connectivity index is 2.74. The van der Waals surface area contributed by atoms with E-state index < -0.39 is 12.1 Å². The molecule has 0 fully saturated rings. The molecule has 1 amide bonds. The lowest BCUT2D eigenvalue weighted by Gasteiger charge is -2.07. The topological polar surface area (TPSA) is 93.5 Å². The van der Waals surface area contributed by atoms with E-state index in [1.54, 1.807) is 0 Å². The van der Waals surface area contributed by atoms with Crippen LogP contribution in [0.5, 0.6) is 0 Å². The van der Waals surface area contributed by atoms with E-state index in [9.17, 15) is 9.59 Å². The van der Waals surface area contributed by atoms with Gasteiger partial charge in [-0.3, -0.25) is 10.1 Å². The number of aromatic nitrogens is 2. The van der Waals surface area contributed by atoms with Crippen LogP contribution in [-0.2, 0) is 16.1 Å². The van der Waals surface area contributed by atoms with Gasteiger partial charge in [-0.2, -0.15) is 5.10 Å². The highest BCUT2D eigenvalue weighted by atomic mass is 79.9. The van der Waals surface area contributed by atoms with Crippen LogP contribution in [0.1, 0.15) is 0 Å². The number of nitrogens with zero attached hydrogens (tertiary/aromatic N) is 2. The van der Waals surface area contributed by atoms with E-state index >= 15 is 0 Å². The number of carbonyl (C=O) groups is 2. The molecule has 92 valence electrons. The first kappa shape index (κ1) is 13.2. The fourth-order valence-electron chi connectivity index (χ4n) is 1.00. The Morgan fingerprint density at radius 3 is 3.00 bits per heavy atom. The van der Waals surface area contributed by atoms with E-state index in [2.05, 4.69) is 32.9 Å². The van der Waals surface area contributed by atoms with Crippen molar-refractivity contribution in [3.63, 3.8) is 0 Å². The van der Waals surface area contributed by atoms with Crippen molar-refractivity contribution in [2.45, 2.75) is 6.54 Å². The van der Waals surface area contributed by atoms with Crippen LogP contribution in [0.4, 0.5) is 10.6 Å². The van der Waals surface area contributed by atoms with Crippen LogP contribution < -0.4 is 5.32 Å². The Bertz CT molecular complexity index is 443. The monoisotopic (exact) mass is 303 g/mol. The SMILES string of the molecule is C=CCOC(=O)Nc1c(Br)cnn1CC(=O)O. The van der Waals surface area contributed by atoms with Crippen molar-refractivity contribution >= 4 is 33.8 Å². The summed E-state index contributed by atoms with van der Waals surface area (Å²) in [5.41, 5.74) is 0. The van der Waals surface area contributed by atoms with E-state index in [4.69, 9.17) is 9.84 Å². The quantitative estimate of drug-likeness (QED) is 0.803. The molecular weight excluding hydrogens is 294 g/mol. The van der Waals surface area contributed by atoms with Gasteiger partial charge in [0.05, 0.1) is 10.7 Å². The van der Waals surface area contributed by atoms with Crippen LogP contribution in [0.2, 0.25) is 0 Å². The second kappa shape index (κ2) is 6.04. The van der Waals surface area contributed by atoms with Crippen molar-refractivity contribution < 1.29 is 19.4 Å².